The van der Waals surface area contributed by atoms with Gasteiger partial charge < -0.3 is 16.4 Å². The van der Waals surface area contributed by atoms with Crippen LogP contribution in [0.25, 0.3) is 12.2 Å². The highest BCUT2D eigenvalue weighted by Crippen LogP contribution is 2.29. The first kappa shape index (κ1) is 18.2. The van der Waals surface area contributed by atoms with Crippen LogP contribution in [0.4, 0.5) is 29.0 Å². The Morgan fingerprint density at radius 2 is 1.38 bits per heavy atom. The number of benzene rings is 1. The highest BCUT2D eigenvalue weighted by molar-refractivity contribution is 5.81. The number of H-pyrrole nitrogens is 2. The van der Waals surface area contributed by atoms with E-state index in [0.717, 1.165) is 17.0 Å². The second kappa shape index (κ2) is 7.85. The molecule has 0 saturated heterocycles. The lowest BCUT2D eigenvalue weighted by Gasteiger charge is -2.12. The number of anilines is 5. The van der Waals surface area contributed by atoms with Crippen LogP contribution in [0.2, 0.25) is 0 Å². The molecule has 0 atom stereocenters. The minimum absolute atomic E-state index is 0.364. The number of nitrogens with zero attached hydrogens (tertiary/aromatic N) is 4. The third-order valence-electron chi connectivity index (χ3n) is 4.09. The van der Waals surface area contributed by atoms with Crippen LogP contribution >= 0.6 is 0 Å². The Bertz CT molecular complexity index is 1080. The van der Waals surface area contributed by atoms with E-state index in [1.54, 1.807) is 0 Å². The summed E-state index contributed by atoms with van der Waals surface area (Å²) in [6, 6.07) is 13.7. The Morgan fingerprint density at radius 3 is 1.86 bits per heavy atom. The van der Waals surface area contributed by atoms with Gasteiger partial charge in [-0.05, 0) is 25.5 Å². The molecule has 9 nitrogen and oxygen atoms in total. The lowest BCUT2D eigenvalue weighted by atomic mass is 10.2. The van der Waals surface area contributed by atoms with Crippen LogP contribution in [-0.2, 0) is 0 Å². The standard InChI is InChI=1S/C20H21N9/c1-12-10-16(28-26-12)24-19-18(21)20(25-17-11-13(2)27-29-17)23-15(22-19)9-8-14-6-4-3-5-7-14/h3-11H,21H2,1-2H3,(H4,22,23,24,25,26,27,28,29). The molecule has 29 heavy (non-hydrogen) atoms. The third kappa shape index (κ3) is 4.41. The van der Waals surface area contributed by atoms with Crippen LogP contribution in [0, 0.1) is 13.8 Å². The largest absolute Gasteiger partial charge is 0.393 e. The molecule has 9 heteroatoms. The normalized spacial score (nSPS) is 11.1. The van der Waals surface area contributed by atoms with Crippen LogP contribution in [-0.4, -0.2) is 30.4 Å². The number of aromatic amines is 2. The highest BCUT2D eigenvalue weighted by atomic mass is 15.2. The molecule has 0 spiro atoms. The summed E-state index contributed by atoms with van der Waals surface area (Å²) in [5, 5.41) is 20.4. The van der Waals surface area contributed by atoms with Gasteiger partial charge in [0.05, 0.1) is 0 Å². The summed E-state index contributed by atoms with van der Waals surface area (Å²) in [4.78, 5) is 9.09. The summed E-state index contributed by atoms with van der Waals surface area (Å²) in [6.07, 6.45) is 3.77. The summed E-state index contributed by atoms with van der Waals surface area (Å²) in [7, 11) is 0. The maximum absolute atomic E-state index is 6.32. The van der Waals surface area contributed by atoms with E-state index in [1.807, 2.05) is 68.5 Å². The van der Waals surface area contributed by atoms with Crippen LogP contribution < -0.4 is 16.4 Å². The molecule has 3 heterocycles. The van der Waals surface area contributed by atoms with E-state index in [1.165, 1.54) is 0 Å². The summed E-state index contributed by atoms with van der Waals surface area (Å²) in [5.74, 6) is 2.63. The fourth-order valence-electron chi connectivity index (χ4n) is 2.69. The summed E-state index contributed by atoms with van der Waals surface area (Å²) in [5.41, 5.74) is 9.58. The van der Waals surface area contributed by atoms with E-state index in [2.05, 4.69) is 41.0 Å². The molecule has 0 bridgehead atoms. The molecular weight excluding hydrogens is 366 g/mol. The number of aryl methyl sites for hydroxylation is 2. The summed E-state index contributed by atoms with van der Waals surface area (Å²) >= 11 is 0. The molecule has 1 aromatic carbocycles. The Labute approximate surface area is 167 Å². The Morgan fingerprint density at radius 1 is 0.828 bits per heavy atom. The van der Waals surface area contributed by atoms with Gasteiger partial charge in [0.15, 0.2) is 29.1 Å². The van der Waals surface area contributed by atoms with Crippen molar-refractivity contribution < 1.29 is 0 Å². The fourth-order valence-corrected chi connectivity index (χ4v) is 2.69. The van der Waals surface area contributed by atoms with Gasteiger partial charge in [-0.25, -0.2) is 9.97 Å². The van der Waals surface area contributed by atoms with Gasteiger partial charge in [0.2, 0.25) is 0 Å². The second-order valence-corrected chi connectivity index (χ2v) is 6.56. The van der Waals surface area contributed by atoms with E-state index in [4.69, 9.17) is 5.73 Å². The number of hydrogen-bond acceptors (Lipinski definition) is 7. The molecule has 4 aromatic rings. The lowest BCUT2D eigenvalue weighted by molar-refractivity contribution is 1.04. The van der Waals surface area contributed by atoms with Crippen molar-refractivity contribution in [1.82, 2.24) is 30.4 Å². The number of nitrogens with two attached hydrogens (primary N) is 1. The van der Waals surface area contributed by atoms with Gasteiger partial charge in [-0.3, -0.25) is 10.2 Å². The first-order chi connectivity index (χ1) is 14.1. The predicted molar refractivity (Wildman–Crippen MR) is 115 cm³/mol. The Balaban J connectivity index is 1.70. The van der Waals surface area contributed by atoms with Crippen molar-refractivity contribution in [2.24, 2.45) is 0 Å². The van der Waals surface area contributed by atoms with Crippen molar-refractivity contribution in [3.05, 3.63) is 65.2 Å². The zero-order chi connectivity index (χ0) is 20.2. The van der Waals surface area contributed by atoms with E-state index < -0.39 is 0 Å². The molecule has 4 rings (SSSR count). The Kier molecular flexibility index (Phi) is 4.93. The second-order valence-electron chi connectivity index (χ2n) is 6.56. The number of nitrogens with one attached hydrogen (secondary N) is 4. The van der Waals surface area contributed by atoms with Crippen molar-refractivity contribution >= 4 is 41.1 Å². The van der Waals surface area contributed by atoms with Crippen molar-refractivity contribution in [3.63, 3.8) is 0 Å². The quantitative estimate of drug-likeness (QED) is 0.340. The average Bonchev–Trinajstić information content (AvgIpc) is 3.32. The number of aromatic nitrogens is 6. The van der Waals surface area contributed by atoms with Crippen LogP contribution in [0.1, 0.15) is 22.8 Å². The highest BCUT2D eigenvalue weighted by Gasteiger charge is 2.13. The van der Waals surface area contributed by atoms with Gasteiger partial charge in [0.25, 0.3) is 0 Å². The first-order valence-corrected chi connectivity index (χ1v) is 9.05. The minimum Gasteiger partial charge on any atom is -0.393 e. The third-order valence-corrected chi connectivity index (χ3v) is 4.09. The molecule has 0 aliphatic carbocycles. The van der Waals surface area contributed by atoms with Crippen molar-refractivity contribution in [2.45, 2.75) is 13.8 Å². The monoisotopic (exact) mass is 387 g/mol. The fraction of sp³-hybridized carbons (Fsp3) is 0.100. The van der Waals surface area contributed by atoms with E-state index in [-0.39, 0.29) is 0 Å². The molecular formula is C20H21N9. The summed E-state index contributed by atoms with van der Waals surface area (Å²) in [6.45, 7) is 3.84. The molecule has 0 fully saturated rings. The van der Waals surface area contributed by atoms with Gasteiger partial charge in [-0.2, -0.15) is 10.2 Å². The van der Waals surface area contributed by atoms with Crippen LogP contribution in [0.15, 0.2) is 42.5 Å². The number of hydrogen-bond donors (Lipinski definition) is 5. The minimum atomic E-state index is 0.364. The summed E-state index contributed by atoms with van der Waals surface area (Å²) < 4.78 is 0. The van der Waals surface area contributed by atoms with Crippen LogP contribution in [0.3, 0.4) is 0 Å². The SMILES string of the molecule is Cc1cc(Nc2nc(C=Cc3ccccc3)nc(Nc3cc(C)[nH]n3)c2N)n[nH]1. The van der Waals surface area contributed by atoms with Gasteiger partial charge >= 0.3 is 0 Å². The predicted octanol–water partition coefficient (Wildman–Crippen LogP) is 3.78. The molecule has 3 aromatic heterocycles. The van der Waals surface area contributed by atoms with Crippen LogP contribution in [0.5, 0.6) is 0 Å². The zero-order valence-corrected chi connectivity index (χ0v) is 16.1. The number of nitrogen functional groups attached to an aromatic ring is 1. The van der Waals surface area contributed by atoms with Gasteiger partial charge in [-0.1, -0.05) is 36.4 Å². The Hall–Kier alpha value is -4.14. The van der Waals surface area contributed by atoms with Gasteiger partial charge in [0.1, 0.15) is 5.69 Å². The van der Waals surface area contributed by atoms with E-state index >= 15 is 0 Å². The van der Waals surface area contributed by atoms with Crippen molar-refractivity contribution in [2.75, 3.05) is 16.4 Å². The molecule has 6 N–H and O–H groups in total. The molecule has 0 saturated carbocycles. The maximum Gasteiger partial charge on any atom is 0.161 e. The molecule has 0 amide bonds. The molecule has 0 radical (unpaired) electrons. The first-order valence-electron chi connectivity index (χ1n) is 9.05. The van der Waals surface area contributed by atoms with Gasteiger partial charge in [0, 0.05) is 23.5 Å². The molecule has 0 aliphatic heterocycles. The zero-order valence-electron chi connectivity index (χ0n) is 16.1. The van der Waals surface area contributed by atoms with Crippen molar-refractivity contribution in [1.29, 1.82) is 0 Å². The molecule has 0 unspecified atom stereocenters. The van der Waals surface area contributed by atoms with Gasteiger partial charge in [-0.15, -0.1) is 0 Å². The molecule has 146 valence electrons. The smallest absolute Gasteiger partial charge is 0.161 e. The lowest BCUT2D eigenvalue weighted by Crippen LogP contribution is -2.07. The topological polar surface area (TPSA) is 133 Å². The van der Waals surface area contributed by atoms with E-state index in [9.17, 15) is 0 Å². The maximum atomic E-state index is 6.32. The molecule has 0 aliphatic rings. The van der Waals surface area contributed by atoms with Crippen molar-refractivity contribution in [3.8, 4) is 0 Å². The average molecular weight is 387 g/mol. The van der Waals surface area contributed by atoms with E-state index in [0.29, 0.717) is 34.8 Å². The number of rotatable bonds is 6.